The predicted octanol–water partition coefficient (Wildman–Crippen LogP) is 3.32. The van der Waals surface area contributed by atoms with E-state index in [4.69, 9.17) is 27.9 Å². The summed E-state index contributed by atoms with van der Waals surface area (Å²) in [5.41, 5.74) is 0.805. The minimum atomic E-state index is -0.211. The molecule has 1 saturated heterocycles. The zero-order valence-electron chi connectivity index (χ0n) is 9.75. The lowest BCUT2D eigenvalue weighted by molar-refractivity contribution is 0.0272. The van der Waals surface area contributed by atoms with Crippen molar-refractivity contribution in [3.05, 3.63) is 33.8 Å². The van der Waals surface area contributed by atoms with Gasteiger partial charge in [-0.05, 0) is 37.5 Å². The van der Waals surface area contributed by atoms with Crippen molar-refractivity contribution in [2.45, 2.75) is 25.9 Å². The normalized spacial score (nSPS) is 28.6. The number of hydrogen-bond donors (Lipinski definition) is 1. The molecule has 1 aliphatic heterocycles. The van der Waals surface area contributed by atoms with Crippen LogP contribution in [0.3, 0.4) is 0 Å². The summed E-state index contributed by atoms with van der Waals surface area (Å²) in [6, 6.07) is 5.49. The van der Waals surface area contributed by atoms with Crippen LogP contribution in [0.25, 0.3) is 0 Å². The van der Waals surface area contributed by atoms with Gasteiger partial charge in [0.1, 0.15) is 0 Å². The Morgan fingerprint density at radius 3 is 2.76 bits per heavy atom. The minimum Gasteiger partial charge on any atom is -0.396 e. The second-order valence-corrected chi connectivity index (χ2v) is 5.54. The molecule has 94 valence electrons. The fourth-order valence-corrected chi connectivity index (χ4v) is 2.83. The summed E-state index contributed by atoms with van der Waals surface area (Å²) in [6.07, 6.45) is 1.64. The second kappa shape index (κ2) is 5.15. The van der Waals surface area contributed by atoms with Crippen LogP contribution >= 0.6 is 23.2 Å². The maximum absolute atomic E-state index is 9.64. The molecule has 1 aromatic carbocycles. The van der Waals surface area contributed by atoms with Crippen molar-refractivity contribution in [3.63, 3.8) is 0 Å². The van der Waals surface area contributed by atoms with Crippen LogP contribution < -0.4 is 0 Å². The number of benzene rings is 1. The Balaban J connectivity index is 2.24. The second-order valence-electron chi connectivity index (χ2n) is 4.70. The fraction of sp³-hybridized carbons (Fsp3) is 0.538. The third-order valence-electron chi connectivity index (χ3n) is 3.70. The van der Waals surface area contributed by atoms with Gasteiger partial charge in [0, 0.05) is 22.1 Å². The molecule has 2 atom stereocenters. The van der Waals surface area contributed by atoms with E-state index in [-0.39, 0.29) is 18.1 Å². The summed E-state index contributed by atoms with van der Waals surface area (Å²) in [6.45, 7) is 2.83. The van der Waals surface area contributed by atoms with Crippen molar-refractivity contribution in [2.24, 2.45) is 5.41 Å². The summed E-state index contributed by atoms with van der Waals surface area (Å²) < 4.78 is 5.57. The van der Waals surface area contributed by atoms with E-state index >= 15 is 0 Å². The smallest absolute Gasteiger partial charge is 0.0629 e. The molecule has 0 saturated carbocycles. The highest BCUT2D eigenvalue weighted by atomic mass is 35.5. The van der Waals surface area contributed by atoms with E-state index in [1.165, 1.54) is 0 Å². The number of halogens is 2. The first-order chi connectivity index (χ1) is 8.07. The van der Waals surface area contributed by atoms with Crippen LogP contribution in [0.5, 0.6) is 0 Å². The predicted molar refractivity (Wildman–Crippen MR) is 69.7 cm³/mol. The molecule has 1 aromatic rings. The SMILES string of the molecule is CC1OCCC1(CO)Cc1ccc(Cl)cc1Cl. The molecule has 0 amide bonds. The topological polar surface area (TPSA) is 29.5 Å². The van der Waals surface area contributed by atoms with Gasteiger partial charge in [0.2, 0.25) is 0 Å². The number of rotatable bonds is 3. The van der Waals surface area contributed by atoms with Gasteiger partial charge < -0.3 is 9.84 Å². The van der Waals surface area contributed by atoms with Gasteiger partial charge in [0.05, 0.1) is 12.7 Å². The first-order valence-electron chi connectivity index (χ1n) is 5.74. The van der Waals surface area contributed by atoms with E-state index in [1.54, 1.807) is 6.07 Å². The average molecular weight is 275 g/mol. The number of aliphatic hydroxyl groups is 1. The molecule has 2 unspecified atom stereocenters. The largest absolute Gasteiger partial charge is 0.396 e. The molecule has 1 aliphatic rings. The van der Waals surface area contributed by atoms with E-state index in [9.17, 15) is 5.11 Å². The van der Waals surface area contributed by atoms with Gasteiger partial charge in [0.15, 0.2) is 0 Å². The van der Waals surface area contributed by atoms with Crippen molar-refractivity contribution < 1.29 is 9.84 Å². The lowest BCUT2D eigenvalue weighted by Crippen LogP contribution is -2.35. The summed E-state index contributed by atoms with van der Waals surface area (Å²) in [5.74, 6) is 0. The Kier molecular flexibility index (Phi) is 3.99. The third-order valence-corrected chi connectivity index (χ3v) is 4.29. The molecule has 1 fully saturated rings. The molecule has 4 heteroatoms. The Morgan fingerprint density at radius 1 is 1.47 bits per heavy atom. The lowest BCUT2D eigenvalue weighted by atomic mass is 9.77. The first kappa shape index (κ1) is 13.2. The number of hydrogen-bond acceptors (Lipinski definition) is 2. The maximum atomic E-state index is 9.64. The summed E-state index contributed by atoms with van der Waals surface area (Å²) in [5, 5.41) is 10.9. The standard InChI is InChI=1S/C13H16Cl2O2/c1-9-13(8-16,4-5-17-9)7-10-2-3-11(14)6-12(10)15/h2-3,6,9,16H,4-5,7-8H2,1H3. The molecular formula is C13H16Cl2O2. The van der Waals surface area contributed by atoms with E-state index in [0.29, 0.717) is 16.7 Å². The third kappa shape index (κ3) is 2.60. The highest BCUT2D eigenvalue weighted by molar-refractivity contribution is 6.35. The quantitative estimate of drug-likeness (QED) is 0.916. The monoisotopic (exact) mass is 274 g/mol. The molecule has 0 radical (unpaired) electrons. The Bertz CT molecular complexity index is 408. The lowest BCUT2D eigenvalue weighted by Gasteiger charge is -2.30. The van der Waals surface area contributed by atoms with Crippen molar-refractivity contribution in [1.82, 2.24) is 0 Å². The molecule has 2 nitrogen and oxygen atoms in total. The minimum absolute atomic E-state index is 0.0549. The van der Waals surface area contributed by atoms with Crippen LogP contribution in [0.2, 0.25) is 10.0 Å². The van der Waals surface area contributed by atoms with Crippen LogP contribution in [-0.2, 0) is 11.2 Å². The van der Waals surface area contributed by atoms with Crippen molar-refractivity contribution in [1.29, 1.82) is 0 Å². The fourth-order valence-electron chi connectivity index (χ4n) is 2.36. The van der Waals surface area contributed by atoms with E-state index < -0.39 is 0 Å². The van der Waals surface area contributed by atoms with Crippen molar-refractivity contribution in [3.8, 4) is 0 Å². The van der Waals surface area contributed by atoms with Gasteiger partial charge in [-0.15, -0.1) is 0 Å². The molecule has 0 spiro atoms. The summed E-state index contributed by atoms with van der Waals surface area (Å²) in [7, 11) is 0. The van der Waals surface area contributed by atoms with Gasteiger partial charge in [-0.1, -0.05) is 29.3 Å². The molecule has 1 heterocycles. The summed E-state index contributed by atoms with van der Waals surface area (Å²) in [4.78, 5) is 0. The highest BCUT2D eigenvalue weighted by Crippen LogP contribution is 2.39. The molecule has 2 rings (SSSR count). The number of ether oxygens (including phenoxy) is 1. The first-order valence-corrected chi connectivity index (χ1v) is 6.49. The maximum Gasteiger partial charge on any atom is 0.0629 e. The van der Waals surface area contributed by atoms with Crippen molar-refractivity contribution >= 4 is 23.2 Å². The highest BCUT2D eigenvalue weighted by Gasteiger charge is 2.41. The van der Waals surface area contributed by atoms with E-state index in [2.05, 4.69) is 0 Å². The Labute approximate surface area is 111 Å². The summed E-state index contributed by atoms with van der Waals surface area (Å²) >= 11 is 12.0. The molecule has 0 aliphatic carbocycles. The zero-order valence-corrected chi connectivity index (χ0v) is 11.3. The van der Waals surface area contributed by atoms with Crippen LogP contribution in [-0.4, -0.2) is 24.4 Å². The van der Waals surface area contributed by atoms with Gasteiger partial charge >= 0.3 is 0 Å². The van der Waals surface area contributed by atoms with Gasteiger partial charge in [-0.2, -0.15) is 0 Å². The molecular weight excluding hydrogens is 259 g/mol. The van der Waals surface area contributed by atoms with Gasteiger partial charge in [-0.25, -0.2) is 0 Å². The average Bonchev–Trinajstić information content (AvgIpc) is 2.65. The Hall–Kier alpha value is -0.280. The van der Waals surface area contributed by atoms with Crippen LogP contribution in [0.1, 0.15) is 18.9 Å². The van der Waals surface area contributed by atoms with Crippen LogP contribution in [0.15, 0.2) is 18.2 Å². The van der Waals surface area contributed by atoms with E-state index in [0.717, 1.165) is 18.4 Å². The molecule has 1 N–H and O–H groups in total. The van der Waals surface area contributed by atoms with E-state index in [1.807, 2.05) is 19.1 Å². The molecule has 17 heavy (non-hydrogen) atoms. The zero-order chi connectivity index (χ0) is 12.5. The Morgan fingerprint density at radius 2 is 2.24 bits per heavy atom. The van der Waals surface area contributed by atoms with Gasteiger partial charge in [-0.3, -0.25) is 0 Å². The van der Waals surface area contributed by atoms with Crippen molar-refractivity contribution in [2.75, 3.05) is 13.2 Å². The molecule has 0 aromatic heterocycles. The molecule has 0 bridgehead atoms. The van der Waals surface area contributed by atoms with Gasteiger partial charge in [0.25, 0.3) is 0 Å². The number of aliphatic hydroxyl groups excluding tert-OH is 1. The van der Waals surface area contributed by atoms with Crippen LogP contribution in [0, 0.1) is 5.41 Å². The van der Waals surface area contributed by atoms with Crippen LogP contribution in [0.4, 0.5) is 0 Å².